The number of likely N-dealkylation sites (tertiary alicyclic amines) is 1. The van der Waals surface area contributed by atoms with E-state index in [0.717, 1.165) is 26.1 Å². The second kappa shape index (κ2) is 5.58. The molecule has 1 aliphatic heterocycles. The van der Waals surface area contributed by atoms with Gasteiger partial charge in [-0.3, -0.25) is 4.90 Å². The van der Waals surface area contributed by atoms with Crippen LogP contribution in [0.15, 0.2) is 24.3 Å². The third-order valence-corrected chi connectivity index (χ3v) is 3.35. The van der Waals surface area contributed by atoms with Gasteiger partial charge >= 0.3 is 0 Å². The fourth-order valence-electron chi connectivity index (χ4n) is 2.57. The summed E-state index contributed by atoms with van der Waals surface area (Å²) in [6.07, 6.45) is 0.965. The van der Waals surface area contributed by atoms with E-state index in [4.69, 9.17) is 11.5 Å². The van der Waals surface area contributed by atoms with E-state index in [2.05, 4.69) is 4.90 Å². The molecule has 2 rings (SSSR count). The summed E-state index contributed by atoms with van der Waals surface area (Å²) in [6, 6.07) is 6.94. The lowest BCUT2D eigenvalue weighted by molar-refractivity contribution is 0.193. The Morgan fingerprint density at radius 1 is 1.24 bits per heavy atom. The molecule has 1 aromatic rings. The highest BCUT2D eigenvalue weighted by Crippen LogP contribution is 2.26. The van der Waals surface area contributed by atoms with Crippen molar-refractivity contribution in [1.82, 2.24) is 4.90 Å². The molecule has 0 radical (unpaired) electrons. The molecule has 1 saturated heterocycles. The maximum absolute atomic E-state index is 12.9. The van der Waals surface area contributed by atoms with Crippen LogP contribution in [-0.4, -0.2) is 37.1 Å². The topological polar surface area (TPSA) is 55.3 Å². The maximum atomic E-state index is 12.9. The Morgan fingerprint density at radius 2 is 1.94 bits per heavy atom. The molecular formula is C13H20FN3. The molecule has 1 heterocycles. The number of nitrogens with two attached hydrogens (primary N) is 2. The Morgan fingerprint density at radius 3 is 2.59 bits per heavy atom. The van der Waals surface area contributed by atoms with E-state index in [0.29, 0.717) is 12.5 Å². The zero-order valence-corrected chi connectivity index (χ0v) is 9.98. The summed E-state index contributed by atoms with van der Waals surface area (Å²) < 4.78 is 12.9. The minimum Gasteiger partial charge on any atom is -0.329 e. The number of rotatable bonds is 3. The molecule has 0 aromatic heterocycles. The lowest BCUT2D eigenvalue weighted by atomic mass is 9.88. The summed E-state index contributed by atoms with van der Waals surface area (Å²) >= 11 is 0. The van der Waals surface area contributed by atoms with Crippen LogP contribution in [0.2, 0.25) is 0 Å². The van der Waals surface area contributed by atoms with Gasteiger partial charge in [0.1, 0.15) is 5.82 Å². The summed E-state index contributed by atoms with van der Waals surface area (Å²) in [5.41, 5.74) is 12.8. The smallest absolute Gasteiger partial charge is 0.123 e. The van der Waals surface area contributed by atoms with Gasteiger partial charge < -0.3 is 11.5 Å². The van der Waals surface area contributed by atoms with Crippen molar-refractivity contribution in [2.24, 2.45) is 11.5 Å². The first-order valence-corrected chi connectivity index (χ1v) is 6.12. The van der Waals surface area contributed by atoms with Gasteiger partial charge in [-0.05, 0) is 30.0 Å². The number of hydrogen-bond donors (Lipinski definition) is 2. The summed E-state index contributed by atoms with van der Waals surface area (Å²) in [6.45, 7) is 3.42. The highest BCUT2D eigenvalue weighted by molar-refractivity contribution is 5.21. The van der Waals surface area contributed by atoms with E-state index < -0.39 is 0 Å². The highest BCUT2D eigenvalue weighted by atomic mass is 19.1. The van der Waals surface area contributed by atoms with Crippen molar-refractivity contribution in [1.29, 1.82) is 0 Å². The molecule has 0 saturated carbocycles. The van der Waals surface area contributed by atoms with Gasteiger partial charge in [-0.2, -0.15) is 0 Å². The number of hydrogen-bond acceptors (Lipinski definition) is 3. The normalized spacial score (nSPS) is 26.1. The van der Waals surface area contributed by atoms with Crippen LogP contribution < -0.4 is 11.5 Å². The van der Waals surface area contributed by atoms with Gasteiger partial charge in [0.05, 0.1) is 0 Å². The van der Waals surface area contributed by atoms with Crippen LogP contribution in [0.5, 0.6) is 0 Å². The third-order valence-electron chi connectivity index (χ3n) is 3.35. The summed E-state index contributed by atoms with van der Waals surface area (Å²) in [7, 11) is 0. The molecular weight excluding hydrogens is 217 g/mol. The van der Waals surface area contributed by atoms with Crippen molar-refractivity contribution in [2.75, 3.05) is 26.2 Å². The van der Waals surface area contributed by atoms with E-state index in [1.54, 1.807) is 0 Å². The number of benzene rings is 1. The van der Waals surface area contributed by atoms with Crippen LogP contribution in [0.4, 0.5) is 4.39 Å². The molecule has 1 aliphatic rings. The molecule has 0 spiro atoms. The van der Waals surface area contributed by atoms with Crippen LogP contribution in [0.25, 0.3) is 0 Å². The lowest BCUT2D eigenvalue weighted by Crippen LogP contribution is -2.47. The van der Waals surface area contributed by atoms with Gasteiger partial charge in [0.15, 0.2) is 0 Å². The Balaban J connectivity index is 2.06. The van der Waals surface area contributed by atoms with Gasteiger partial charge in [-0.1, -0.05) is 12.1 Å². The molecule has 2 atom stereocenters. The average molecular weight is 237 g/mol. The standard InChI is InChI=1S/C13H20FN3/c14-12-3-1-10(2-4-12)11-7-13(16)9-17(8-11)6-5-15/h1-4,11,13H,5-9,15-16H2. The molecule has 2 unspecified atom stereocenters. The molecule has 0 aliphatic carbocycles. The zero-order chi connectivity index (χ0) is 12.3. The van der Waals surface area contributed by atoms with Crippen LogP contribution in [0.1, 0.15) is 17.9 Å². The second-order valence-electron chi connectivity index (χ2n) is 4.79. The molecule has 4 heteroatoms. The van der Waals surface area contributed by atoms with Crippen molar-refractivity contribution in [3.05, 3.63) is 35.6 Å². The zero-order valence-electron chi connectivity index (χ0n) is 9.98. The second-order valence-corrected chi connectivity index (χ2v) is 4.79. The first kappa shape index (κ1) is 12.5. The molecule has 0 amide bonds. The first-order valence-electron chi connectivity index (χ1n) is 6.12. The van der Waals surface area contributed by atoms with E-state index in [1.807, 2.05) is 12.1 Å². The predicted molar refractivity (Wildman–Crippen MR) is 67.2 cm³/mol. The van der Waals surface area contributed by atoms with E-state index in [9.17, 15) is 4.39 Å². The van der Waals surface area contributed by atoms with Crippen LogP contribution in [0.3, 0.4) is 0 Å². The lowest BCUT2D eigenvalue weighted by Gasteiger charge is -2.36. The molecule has 1 fully saturated rings. The minimum atomic E-state index is -0.187. The monoisotopic (exact) mass is 237 g/mol. The Kier molecular flexibility index (Phi) is 4.10. The molecule has 3 nitrogen and oxygen atoms in total. The SMILES string of the molecule is NCCN1CC(N)CC(c2ccc(F)cc2)C1. The van der Waals surface area contributed by atoms with Crippen molar-refractivity contribution in [3.63, 3.8) is 0 Å². The molecule has 94 valence electrons. The minimum absolute atomic E-state index is 0.186. The Labute approximate surface area is 102 Å². The Bertz CT molecular complexity index is 352. The van der Waals surface area contributed by atoms with Crippen molar-refractivity contribution in [2.45, 2.75) is 18.4 Å². The molecule has 17 heavy (non-hydrogen) atoms. The first-order chi connectivity index (χ1) is 8.19. The molecule has 0 bridgehead atoms. The maximum Gasteiger partial charge on any atom is 0.123 e. The summed E-state index contributed by atoms with van der Waals surface area (Å²) in [4.78, 5) is 2.29. The van der Waals surface area contributed by atoms with Gasteiger partial charge in [0, 0.05) is 32.2 Å². The molecule has 4 N–H and O–H groups in total. The fourth-order valence-corrected chi connectivity index (χ4v) is 2.57. The quantitative estimate of drug-likeness (QED) is 0.821. The number of halogens is 1. The van der Waals surface area contributed by atoms with Crippen LogP contribution in [-0.2, 0) is 0 Å². The van der Waals surface area contributed by atoms with Crippen molar-refractivity contribution in [3.8, 4) is 0 Å². The average Bonchev–Trinajstić information content (AvgIpc) is 2.29. The van der Waals surface area contributed by atoms with Gasteiger partial charge in [-0.25, -0.2) is 4.39 Å². The van der Waals surface area contributed by atoms with Crippen molar-refractivity contribution >= 4 is 0 Å². The molecule has 1 aromatic carbocycles. The van der Waals surface area contributed by atoms with E-state index in [1.165, 1.54) is 17.7 Å². The van der Waals surface area contributed by atoms with Gasteiger partial charge in [0.2, 0.25) is 0 Å². The van der Waals surface area contributed by atoms with E-state index in [-0.39, 0.29) is 11.9 Å². The number of piperidine rings is 1. The third kappa shape index (κ3) is 3.25. The van der Waals surface area contributed by atoms with Gasteiger partial charge in [0.25, 0.3) is 0 Å². The van der Waals surface area contributed by atoms with Crippen LogP contribution >= 0.6 is 0 Å². The number of nitrogens with zero attached hydrogens (tertiary/aromatic N) is 1. The van der Waals surface area contributed by atoms with Crippen LogP contribution in [0, 0.1) is 5.82 Å². The van der Waals surface area contributed by atoms with Gasteiger partial charge in [-0.15, -0.1) is 0 Å². The predicted octanol–water partition coefficient (Wildman–Crippen LogP) is 0.901. The highest BCUT2D eigenvalue weighted by Gasteiger charge is 2.25. The summed E-state index contributed by atoms with van der Waals surface area (Å²) in [5, 5.41) is 0. The summed E-state index contributed by atoms with van der Waals surface area (Å²) in [5.74, 6) is 0.207. The fraction of sp³-hybridized carbons (Fsp3) is 0.538. The van der Waals surface area contributed by atoms with Crippen molar-refractivity contribution < 1.29 is 4.39 Å². The van der Waals surface area contributed by atoms with E-state index >= 15 is 0 Å². The largest absolute Gasteiger partial charge is 0.329 e. The Hall–Kier alpha value is -0.970.